The Balaban J connectivity index is 1.71. The van der Waals surface area contributed by atoms with Crippen LogP contribution >= 0.6 is 11.6 Å². The summed E-state index contributed by atoms with van der Waals surface area (Å²) in [4.78, 5) is 38.8. The quantitative estimate of drug-likeness (QED) is 0.413. The maximum atomic E-state index is 13.5. The van der Waals surface area contributed by atoms with Crippen molar-refractivity contribution in [2.24, 2.45) is 11.3 Å². The van der Waals surface area contributed by atoms with Crippen molar-refractivity contribution in [1.82, 2.24) is 15.5 Å². The van der Waals surface area contributed by atoms with Gasteiger partial charge in [-0.2, -0.15) is 0 Å². The van der Waals surface area contributed by atoms with Gasteiger partial charge in [0, 0.05) is 36.0 Å². The Kier molecular flexibility index (Phi) is 8.47. The standard InChI is InChI=1S/C25H36ClN3O5/c1-24(2)16-29(15-13-25(24,34)18-9-11-19(26)12-10-18)22(31)20(8-5-14-27-23(32)33)28-21(30)17-6-3-4-7-17/h9-12,17,20,27,34H,3-8,13-16H2,1-2H3,(H,28,30)(H,32,33). The summed E-state index contributed by atoms with van der Waals surface area (Å²) in [6.45, 7) is 4.76. The molecule has 2 atom stereocenters. The van der Waals surface area contributed by atoms with Crippen LogP contribution in [0.1, 0.15) is 64.4 Å². The molecule has 1 saturated carbocycles. The largest absolute Gasteiger partial charge is 0.465 e. The molecule has 1 aliphatic heterocycles. The van der Waals surface area contributed by atoms with Crippen LogP contribution in [0.25, 0.3) is 0 Å². The van der Waals surface area contributed by atoms with E-state index in [0.717, 1.165) is 31.2 Å². The minimum Gasteiger partial charge on any atom is -0.465 e. The van der Waals surface area contributed by atoms with Crippen LogP contribution in [0.2, 0.25) is 5.02 Å². The van der Waals surface area contributed by atoms with Crippen LogP contribution in [0, 0.1) is 11.3 Å². The van der Waals surface area contributed by atoms with E-state index in [-0.39, 0.29) is 24.3 Å². The summed E-state index contributed by atoms with van der Waals surface area (Å²) in [7, 11) is 0. The van der Waals surface area contributed by atoms with E-state index in [0.29, 0.717) is 37.4 Å². The summed E-state index contributed by atoms with van der Waals surface area (Å²) >= 11 is 6.02. The van der Waals surface area contributed by atoms with E-state index in [4.69, 9.17) is 16.7 Å². The highest BCUT2D eigenvalue weighted by molar-refractivity contribution is 6.30. The van der Waals surface area contributed by atoms with Crippen LogP contribution < -0.4 is 10.6 Å². The van der Waals surface area contributed by atoms with Crippen molar-refractivity contribution in [3.05, 3.63) is 34.9 Å². The number of benzene rings is 1. The van der Waals surface area contributed by atoms with E-state index in [2.05, 4.69) is 10.6 Å². The fraction of sp³-hybridized carbons (Fsp3) is 0.640. The molecule has 1 saturated heterocycles. The van der Waals surface area contributed by atoms with Crippen molar-refractivity contribution in [1.29, 1.82) is 0 Å². The molecule has 0 spiro atoms. The number of nitrogens with zero attached hydrogens (tertiary/aromatic N) is 1. The van der Waals surface area contributed by atoms with Crippen molar-refractivity contribution in [2.45, 2.75) is 70.4 Å². The van der Waals surface area contributed by atoms with Crippen molar-refractivity contribution in [2.75, 3.05) is 19.6 Å². The molecule has 2 aliphatic rings. The highest BCUT2D eigenvalue weighted by atomic mass is 35.5. The number of carboxylic acid groups (broad SMARTS) is 1. The monoisotopic (exact) mass is 493 g/mol. The number of halogens is 1. The number of hydrogen-bond acceptors (Lipinski definition) is 4. The van der Waals surface area contributed by atoms with Crippen LogP contribution in [0.4, 0.5) is 4.79 Å². The van der Waals surface area contributed by atoms with Gasteiger partial charge in [0.05, 0.1) is 5.60 Å². The van der Waals surface area contributed by atoms with Gasteiger partial charge >= 0.3 is 6.09 Å². The first kappa shape index (κ1) is 26.3. The number of nitrogens with one attached hydrogen (secondary N) is 2. The van der Waals surface area contributed by atoms with Gasteiger partial charge in [-0.15, -0.1) is 0 Å². The molecular formula is C25H36ClN3O5. The number of amides is 3. The Morgan fingerprint density at radius 2 is 1.82 bits per heavy atom. The number of carbonyl (C=O) groups is 3. The summed E-state index contributed by atoms with van der Waals surface area (Å²) in [6.07, 6.45) is 3.71. The molecule has 34 heavy (non-hydrogen) atoms. The summed E-state index contributed by atoms with van der Waals surface area (Å²) in [5, 5.41) is 26.3. The zero-order valence-electron chi connectivity index (χ0n) is 20.0. The lowest BCUT2D eigenvalue weighted by atomic mass is 9.66. The summed E-state index contributed by atoms with van der Waals surface area (Å²) in [5.41, 5.74) is -0.998. The zero-order valence-corrected chi connectivity index (χ0v) is 20.7. The lowest BCUT2D eigenvalue weighted by Gasteiger charge is -2.51. The summed E-state index contributed by atoms with van der Waals surface area (Å²) in [5.74, 6) is -0.357. The maximum absolute atomic E-state index is 13.5. The molecule has 1 aromatic rings. The first-order valence-electron chi connectivity index (χ1n) is 12.1. The molecule has 1 aromatic carbocycles. The first-order valence-corrected chi connectivity index (χ1v) is 12.5. The lowest BCUT2D eigenvalue weighted by Crippen LogP contribution is -2.60. The Hall–Kier alpha value is -2.32. The molecule has 2 fully saturated rings. The van der Waals surface area contributed by atoms with Gasteiger partial charge in [-0.1, -0.05) is 50.4 Å². The fourth-order valence-corrected chi connectivity index (χ4v) is 5.35. The molecule has 3 amide bonds. The molecule has 4 N–H and O–H groups in total. The average molecular weight is 494 g/mol. The van der Waals surface area contributed by atoms with E-state index in [1.807, 2.05) is 26.0 Å². The molecule has 9 heteroatoms. The second-order valence-electron chi connectivity index (χ2n) is 10.2. The topological polar surface area (TPSA) is 119 Å². The van der Waals surface area contributed by atoms with Gasteiger partial charge in [0.25, 0.3) is 0 Å². The maximum Gasteiger partial charge on any atom is 0.404 e. The Morgan fingerprint density at radius 1 is 1.18 bits per heavy atom. The second kappa shape index (κ2) is 11.0. The molecule has 1 aliphatic carbocycles. The minimum absolute atomic E-state index is 0.0692. The normalized spacial score (nSPS) is 23.4. The number of aliphatic hydroxyl groups is 1. The highest BCUT2D eigenvalue weighted by Gasteiger charge is 2.50. The van der Waals surface area contributed by atoms with E-state index in [1.165, 1.54) is 0 Å². The molecule has 0 aromatic heterocycles. The zero-order chi connectivity index (χ0) is 24.9. The number of carbonyl (C=O) groups excluding carboxylic acids is 2. The van der Waals surface area contributed by atoms with Crippen molar-refractivity contribution >= 4 is 29.5 Å². The Bertz CT molecular complexity index is 885. The third-order valence-corrected chi connectivity index (χ3v) is 7.62. The summed E-state index contributed by atoms with van der Waals surface area (Å²) < 4.78 is 0. The smallest absolute Gasteiger partial charge is 0.404 e. The van der Waals surface area contributed by atoms with Crippen LogP contribution in [0.5, 0.6) is 0 Å². The second-order valence-corrected chi connectivity index (χ2v) is 10.6. The number of piperidine rings is 1. The molecule has 3 rings (SSSR count). The molecule has 0 bridgehead atoms. The molecule has 1 heterocycles. The molecule has 8 nitrogen and oxygen atoms in total. The third-order valence-electron chi connectivity index (χ3n) is 7.37. The van der Waals surface area contributed by atoms with Gasteiger partial charge < -0.3 is 25.7 Å². The van der Waals surface area contributed by atoms with Gasteiger partial charge in [-0.3, -0.25) is 9.59 Å². The van der Waals surface area contributed by atoms with Crippen LogP contribution in [0.15, 0.2) is 24.3 Å². The summed E-state index contributed by atoms with van der Waals surface area (Å²) in [6, 6.07) is 6.43. The van der Waals surface area contributed by atoms with Crippen molar-refractivity contribution < 1.29 is 24.6 Å². The molecule has 0 radical (unpaired) electrons. The highest BCUT2D eigenvalue weighted by Crippen LogP contribution is 2.46. The van der Waals surface area contributed by atoms with Crippen LogP contribution in [0.3, 0.4) is 0 Å². The fourth-order valence-electron chi connectivity index (χ4n) is 5.23. The SMILES string of the molecule is CC1(C)CN(C(=O)C(CCCNC(=O)O)NC(=O)C2CCCC2)CCC1(O)c1ccc(Cl)cc1. The Labute approximate surface area is 206 Å². The van der Waals surface area contributed by atoms with Crippen LogP contribution in [-0.4, -0.2) is 58.7 Å². The van der Waals surface area contributed by atoms with Gasteiger partial charge in [-0.05, 0) is 49.8 Å². The van der Waals surface area contributed by atoms with Gasteiger partial charge in [0.2, 0.25) is 11.8 Å². The average Bonchev–Trinajstić information content (AvgIpc) is 3.32. The van der Waals surface area contributed by atoms with Gasteiger partial charge in [0.1, 0.15) is 6.04 Å². The van der Waals surface area contributed by atoms with E-state index < -0.39 is 23.2 Å². The molecule has 2 unspecified atom stereocenters. The third kappa shape index (κ3) is 6.02. The predicted molar refractivity (Wildman–Crippen MR) is 129 cm³/mol. The number of hydrogen-bond donors (Lipinski definition) is 4. The van der Waals surface area contributed by atoms with Crippen molar-refractivity contribution in [3.8, 4) is 0 Å². The van der Waals surface area contributed by atoms with E-state index >= 15 is 0 Å². The van der Waals surface area contributed by atoms with Crippen LogP contribution in [-0.2, 0) is 15.2 Å². The lowest BCUT2D eigenvalue weighted by molar-refractivity contribution is -0.156. The molecule has 188 valence electrons. The Morgan fingerprint density at radius 3 is 2.41 bits per heavy atom. The van der Waals surface area contributed by atoms with Gasteiger partial charge in [0.15, 0.2) is 0 Å². The first-order chi connectivity index (χ1) is 16.0. The van der Waals surface area contributed by atoms with Crippen molar-refractivity contribution in [3.63, 3.8) is 0 Å². The van der Waals surface area contributed by atoms with E-state index in [1.54, 1.807) is 17.0 Å². The molecular weight excluding hydrogens is 458 g/mol. The minimum atomic E-state index is -1.12. The predicted octanol–water partition coefficient (Wildman–Crippen LogP) is 3.51. The number of rotatable bonds is 8. The number of likely N-dealkylation sites (tertiary alicyclic amines) is 1. The van der Waals surface area contributed by atoms with E-state index in [9.17, 15) is 19.5 Å². The van der Waals surface area contributed by atoms with Gasteiger partial charge in [-0.25, -0.2) is 4.79 Å².